The molecule has 1 aromatic rings. The zero-order valence-electron chi connectivity index (χ0n) is 8.74. The first-order valence-corrected chi connectivity index (χ1v) is 4.81. The maximum atomic E-state index is 5.56. The van der Waals surface area contributed by atoms with Gasteiger partial charge in [0, 0.05) is 17.9 Å². The van der Waals surface area contributed by atoms with Gasteiger partial charge in [0.05, 0.1) is 0 Å². The zero-order valence-corrected chi connectivity index (χ0v) is 8.74. The summed E-state index contributed by atoms with van der Waals surface area (Å²) in [5.74, 6) is 0. The second kappa shape index (κ2) is 5.83. The predicted molar refractivity (Wildman–Crippen MR) is 66.4 cm³/mol. The molecule has 0 aliphatic rings. The standard InChI is InChI=1S/C13H16N2/c1-3-6-12(4-2)15-13-8-5-7-11(9-13)10-14/h3-9,15H,1-2,10,14H2/b12-6-. The van der Waals surface area contributed by atoms with E-state index in [9.17, 15) is 0 Å². The lowest BCUT2D eigenvalue weighted by Crippen LogP contribution is -1.99. The van der Waals surface area contributed by atoms with Gasteiger partial charge in [0.2, 0.25) is 0 Å². The predicted octanol–water partition coefficient (Wildman–Crippen LogP) is 2.81. The SMILES string of the molecule is C=C/C=C(/C=C)Nc1cccc(CN)c1. The molecule has 0 atom stereocenters. The second-order valence-corrected chi connectivity index (χ2v) is 3.09. The van der Waals surface area contributed by atoms with Crippen LogP contribution < -0.4 is 11.1 Å². The lowest BCUT2D eigenvalue weighted by molar-refractivity contribution is 1.07. The van der Waals surface area contributed by atoms with E-state index in [1.165, 1.54) is 0 Å². The highest BCUT2D eigenvalue weighted by Crippen LogP contribution is 2.13. The largest absolute Gasteiger partial charge is 0.356 e. The average molecular weight is 200 g/mol. The van der Waals surface area contributed by atoms with E-state index in [0.29, 0.717) is 6.54 Å². The lowest BCUT2D eigenvalue weighted by atomic mass is 10.2. The molecule has 0 fully saturated rings. The van der Waals surface area contributed by atoms with Gasteiger partial charge in [-0.15, -0.1) is 0 Å². The molecule has 0 radical (unpaired) electrons. The van der Waals surface area contributed by atoms with Gasteiger partial charge in [-0.1, -0.05) is 31.4 Å². The van der Waals surface area contributed by atoms with Crippen LogP contribution in [-0.2, 0) is 6.54 Å². The molecular weight excluding hydrogens is 184 g/mol. The van der Waals surface area contributed by atoms with Crippen molar-refractivity contribution < 1.29 is 0 Å². The minimum absolute atomic E-state index is 0.546. The number of hydrogen-bond acceptors (Lipinski definition) is 2. The summed E-state index contributed by atoms with van der Waals surface area (Å²) in [5, 5.41) is 3.22. The van der Waals surface area contributed by atoms with Gasteiger partial charge in [-0.05, 0) is 29.8 Å². The van der Waals surface area contributed by atoms with Crippen molar-refractivity contribution in [1.82, 2.24) is 0 Å². The van der Waals surface area contributed by atoms with Crippen LogP contribution in [0.4, 0.5) is 5.69 Å². The molecule has 78 valence electrons. The van der Waals surface area contributed by atoms with Crippen molar-refractivity contribution in [2.45, 2.75) is 6.54 Å². The van der Waals surface area contributed by atoms with Crippen LogP contribution in [0, 0.1) is 0 Å². The molecule has 1 rings (SSSR count). The van der Waals surface area contributed by atoms with Crippen LogP contribution in [0.15, 0.2) is 61.3 Å². The van der Waals surface area contributed by atoms with E-state index in [1.54, 1.807) is 12.2 Å². The van der Waals surface area contributed by atoms with Crippen molar-refractivity contribution in [1.29, 1.82) is 0 Å². The Balaban J connectivity index is 2.83. The molecule has 0 aliphatic carbocycles. The summed E-state index contributed by atoms with van der Waals surface area (Å²) < 4.78 is 0. The molecule has 3 N–H and O–H groups in total. The number of anilines is 1. The van der Waals surface area contributed by atoms with Gasteiger partial charge in [0.15, 0.2) is 0 Å². The fourth-order valence-corrected chi connectivity index (χ4v) is 1.23. The number of rotatable bonds is 5. The van der Waals surface area contributed by atoms with Gasteiger partial charge in [-0.3, -0.25) is 0 Å². The Bertz CT molecular complexity index is 378. The smallest absolute Gasteiger partial charge is 0.0387 e. The third-order valence-electron chi connectivity index (χ3n) is 1.97. The van der Waals surface area contributed by atoms with Crippen LogP contribution in [0.5, 0.6) is 0 Å². The first-order valence-electron chi connectivity index (χ1n) is 4.81. The van der Waals surface area contributed by atoms with Crippen LogP contribution in [-0.4, -0.2) is 0 Å². The van der Waals surface area contributed by atoms with E-state index in [1.807, 2.05) is 30.3 Å². The average Bonchev–Trinajstić information content (AvgIpc) is 2.29. The molecule has 1 aromatic carbocycles. The van der Waals surface area contributed by atoms with Crippen molar-refractivity contribution in [2.75, 3.05) is 5.32 Å². The number of allylic oxidation sites excluding steroid dienone is 3. The summed E-state index contributed by atoms with van der Waals surface area (Å²) in [6.45, 7) is 7.90. The third-order valence-corrected chi connectivity index (χ3v) is 1.97. The Morgan fingerprint density at radius 1 is 1.40 bits per heavy atom. The highest BCUT2D eigenvalue weighted by Gasteiger charge is 1.94. The molecule has 0 saturated carbocycles. The fourth-order valence-electron chi connectivity index (χ4n) is 1.23. The third kappa shape index (κ3) is 3.44. The second-order valence-electron chi connectivity index (χ2n) is 3.09. The van der Waals surface area contributed by atoms with Crippen LogP contribution in [0.2, 0.25) is 0 Å². The molecule has 0 heterocycles. The molecule has 0 amide bonds. The molecule has 0 saturated heterocycles. The molecule has 2 heteroatoms. The maximum Gasteiger partial charge on any atom is 0.0387 e. The Labute approximate surface area is 90.8 Å². The van der Waals surface area contributed by atoms with Gasteiger partial charge < -0.3 is 11.1 Å². The van der Waals surface area contributed by atoms with Gasteiger partial charge in [-0.2, -0.15) is 0 Å². The van der Waals surface area contributed by atoms with E-state index >= 15 is 0 Å². The first kappa shape index (κ1) is 11.3. The Hall–Kier alpha value is -1.80. The number of benzene rings is 1. The van der Waals surface area contributed by atoms with Gasteiger partial charge in [0.1, 0.15) is 0 Å². The van der Waals surface area contributed by atoms with E-state index in [2.05, 4.69) is 18.5 Å². The maximum absolute atomic E-state index is 5.56. The molecule has 0 spiro atoms. The summed E-state index contributed by atoms with van der Waals surface area (Å²) in [6, 6.07) is 7.97. The molecule has 0 aromatic heterocycles. The van der Waals surface area contributed by atoms with Gasteiger partial charge in [-0.25, -0.2) is 0 Å². The molecule has 0 aliphatic heterocycles. The van der Waals surface area contributed by atoms with Crippen molar-refractivity contribution >= 4 is 5.69 Å². The highest BCUT2D eigenvalue weighted by atomic mass is 14.9. The fraction of sp³-hybridized carbons (Fsp3) is 0.0769. The summed E-state index contributed by atoms with van der Waals surface area (Å²) in [4.78, 5) is 0. The van der Waals surface area contributed by atoms with Gasteiger partial charge >= 0.3 is 0 Å². The zero-order chi connectivity index (χ0) is 11.1. The van der Waals surface area contributed by atoms with Crippen molar-refractivity contribution in [3.63, 3.8) is 0 Å². The minimum atomic E-state index is 0.546. The normalized spacial score (nSPS) is 10.9. The van der Waals surface area contributed by atoms with Crippen LogP contribution in [0.1, 0.15) is 5.56 Å². The molecule has 0 unspecified atom stereocenters. The van der Waals surface area contributed by atoms with Crippen LogP contribution >= 0.6 is 0 Å². The number of nitrogens with two attached hydrogens (primary N) is 1. The number of hydrogen-bond donors (Lipinski definition) is 2. The first-order chi connectivity index (χ1) is 7.30. The molecule has 0 bridgehead atoms. The minimum Gasteiger partial charge on any atom is -0.356 e. The summed E-state index contributed by atoms with van der Waals surface area (Å²) in [7, 11) is 0. The quantitative estimate of drug-likeness (QED) is 0.717. The summed E-state index contributed by atoms with van der Waals surface area (Å²) in [5.41, 5.74) is 8.58. The monoisotopic (exact) mass is 200 g/mol. The lowest BCUT2D eigenvalue weighted by Gasteiger charge is -2.07. The van der Waals surface area contributed by atoms with Crippen molar-refractivity contribution in [3.05, 3.63) is 66.9 Å². The molecule has 15 heavy (non-hydrogen) atoms. The van der Waals surface area contributed by atoms with Crippen molar-refractivity contribution in [3.8, 4) is 0 Å². The van der Waals surface area contributed by atoms with Crippen LogP contribution in [0.3, 0.4) is 0 Å². The van der Waals surface area contributed by atoms with Crippen molar-refractivity contribution in [2.24, 2.45) is 5.73 Å². The van der Waals surface area contributed by atoms with Crippen LogP contribution in [0.25, 0.3) is 0 Å². The topological polar surface area (TPSA) is 38.0 Å². The van der Waals surface area contributed by atoms with E-state index in [0.717, 1.165) is 16.9 Å². The Morgan fingerprint density at radius 3 is 2.80 bits per heavy atom. The van der Waals surface area contributed by atoms with E-state index in [-0.39, 0.29) is 0 Å². The summed E-state index contributed by atoms with van der Waals surface area (Å²) in [6.07, 6.45) is 5.33. The van der Waals surface area contributed by atoms with E-state index < -0.39 is 0 Å². The number of nitrogens with one attached hydrogen (secondary N) is 1. The van der Waals surface area contributed by atoms with Gasteiger partial charge in [0.25, 0.3) is 0 Å². The van der Waals surface area contributed by atoms with E-state index in [4.69, 9.17) is 5.73 Å². The summed E-state index contributed by atoms with van der Waals surface area (Å²) >= 11 is 0. The Kier molecular flexibility index (Phi) is 4.38. The highest BCUT2D eigenvalue weighted by molar-refractivity contribution is 5.52. The molecule has 2 nitrogen and oxygen atoms in total. The molecular formula is C13H16N2. The Morgan fingerprint density at radius 2 is 2.20 bits per heavy atom.